The summed E-state index contributed by atoms with van der Waals surface area (Å²) in [5.41, 5.74) is 5.26. The monoisotopic (exact) mass is 185 g/mol. The first-order chi connectivity index (χ1) is 6.66. The lowest BCUT2D eigenvalue weighted by molar-refractivity contribution is 0.925. The third-order valence-electron chi connectivity index (χ3n) is 2.52. The number of aryl methyl sites for hydroxylation is 3. The van der Waals surface area contributed by atoms with Crippen LogP contribution in [0.15, 0.2) is 36.7 Å². The SMILES string of the molecule is Cc1ccc(-c2cn(C)cc2C)cc1. The van der Waals surface area contributed by atoms with E-state index >= 15 is 0 Å². The van der Waals surface area contributed by atoms with E-state index in [0.717, 1.165) is 0 Å². The van der Waals surface area contributed by atoms with Gasteiger partial charge in [-0.1, -0.05) is 29.8 Å². The second-order valence-corrected chi connectivity index (χ2v) is 3.89. The number of benzene rings is 1. The quantitative estimate of drug-likeness (QED) is 0.642. The van der Waals surface area contributed by atoms with Crippen LogP contribution in [0.4, 0.5) is 0 Å². The van der Waals surface area contributed by atoms with Gasteiger partial charge in [-0.3, -0.25) is 0 Å². The third kappa shape index (κ3) is 1.58. The van der Waals surface area contributed by atoms with Crippen molar-refractivity contribution in [2.24, 2.45) is 7.05 Å². The van der Waals surface area contributed by atoms with E-state index in [1.165, 1.54) is 22.3 Å². The predicted octanol–water partition coefficient (Wildman–Crippen LogP) is 3.31. The van der Waals surface area contributed by atoms with Crippen LogP contribution in [0.3, 0.4) is 0 Å². The van der Waals surface area contributed by atoms with E-state index in [4.69, 9.17) is 0 Å². The van der Waals surface area contributed by atoms with Crippen molar-refractivity contribution in [1.82, 2.24) is 4.57 Å². The highest BCUT2D eigenvalue weighted by atomic mass is 14.9. The van der Waals surface area contributed by atoms with Gasteiger partial charge in [-0.05, 0) is 25.0 Å². The molecule has 0 saturated heterocycles. The van der Waals surface area contributed by atoms with E-state index in [0.29, 0.717) is 0 Å². The predicted molar refractivity (Wildman–Crippen MR) is 60.3 cm³/mol. The number of rotatable bonds is 1. The van der Waals surface area contributed by atoms with Crippen LogP contribution in [-0.4, -0.2) is 4.57 Å². The molecule has 0 aliphatic carbocycles. The fourth-order valence-corrected chi connectivity index (χ4v) is 1.75. The van der Waals surface area contributed by atoms with Crippen molar-refractivity contribution in [2.75, 3.05) is 0 Å². The fraction of sp³-hybridized carbons (Fsp3) is 0.231. The van der Waals surface area contributed by atoms with Crippen molar-refractivity contribution in [3.63, 3.8) is 0 Å². The van der Waals surface area contributed by atoms with Gasteiger partial charge in [0.15, 0.2) is 0 Å². The zero-order valence-electron chi connectivity index (χ0n) is 8.91. The Morgan fingerprint density at radius 1 is 0.929 bits per heavy atom. The molecule has 0 radical (unpaired) electrons. The summed E-state index contributed by atoms with van der Waals surface area (Å²) in [4.78, 5) is 0. The van der Waals surface area contributed by atoms with Gasteiger partial charge in [-0.15, -0.1) is 0 Å². The number of nitrogens with zero attached hydrogens (tertiary/aromatic N) is 1. The molecule has 0 saturated carbocycles. The number of aromatic nitrogens is 1. The van der Waals surface area contributed by atoms with Gasteiger partial charge in [-0.25, -0.2) is 0 Å². The molecule has 0 unspecified atom stereocenters. The van der Waals surface area contributed by atoms with E-state index in [1.54, 1.807) is 0 Å². The van der Waals surface area contributed by atoms with Gasteiger partial charge < -0.3 is 4.57 Å². The molecule has 1 heterocycles. The Morgan fingerprint density at radius 3 is 2.07 bits per heavy atom. The molecule has 0 amide bonds. The Morgan fingerprint density at radius 2 is 1.57 bits per heavy atom. The molecule has 2 rings (SSSR count). The molecule has 1 aromatic carbocycles. The van der Waals surface area contributed by atoms with Gasteiger partial charge in [0.1, 0.15) is 0 Å². The van der Waals surface area contributed by atoms with Gasteiger partial charge >= 0.3 is 0 Å². The highest BCUT2D eigenvalue weighted by Crippen LogP contribution is 2.23. The molecule has 0 atom stereocenters. The van der Waals surface area contributed by atoms with Crippen molar-refractivity contribution in [3.05, 3.63) is 47.8 Å². The van der Waals surface area contributed by atoms with Crippen molar-refractivity contribution >= 4 is 0 Å². The molecular formula is C13H15N. The van der Waals surface area contributed by atoms with Crippen LogP contribution in [0.2, 0.25) is 0 Å². The van der Waals surface area contributed by atoms with Crippen LogP contribution in [-0.2, 0) is 7.05 Å². The minimum atomic E-state index is 1.30. The molecule has 1 nitrogen and oxygen atoms in total. The summed E-state index contributed by atoms with van der Waals surface area (Å²) in [5, 5.41) is 0. The Bertz CT molecular complexity index is 435. The Labute approximate surface area is 85.0 Å². The Balaban J connectivity index is 2.49. The molecule has 72 valence electrons. The molecule has 0 fully saturated rings. The molecule has 0 bridgehead atoms. The second kappa shape index (κ2) is 3.33. The molecule has 0 N–H and O–H groups in total. The summed E-state index contributed by atoms with van der Waals surface area (Å²) in [6.45, 7) is 4.26. The largest absolute Gasteiger partial charge is 0.356 e. The van der Waals surface area contributed by atoms with Crippen LogP contribution in [0.5, 0.6) is 0 Å². The highest BCUT2D eigenvalue weighted by molar-refractivity contribution is 5.66. The van der Waals surface area contributed by atoms with E-state index in [2.05, 4.69) is 62.1 Å². The second-order valence-electron chi connectivity index (χ2n) is 3.89. The van der Waals surface area contributed by atoms with Gasteiger partial charge in [0.05, 0.1) is 0 Å². The minimum absolute atomic E-state index is 1.30. The average molecular weight is 185 g/mol. The van der Waals surface area contributed by atoms with Crippen LogP contribution in [0, 0.1) is 13.8 Å². The summed E-state index contributed by atoms with van der Waals surface area (Å²) < 4.78 is 2.10. The van der Waals surface area contributed by atoms with E-state index in [1.807, 2.05) is 0 Å². The van der Waals surface area contributed by atoms with Crippen molar-refractivity contribution in [2.45, 2.75) is 13.8 Å². The van der Waals surface area contributed by atoms with E-state index in [9.17, 15) is 0 Å². The van der Waals surface area contributed by atoms with Crippen LogP contribution in [0.1, 0.15) is 11.1 Å². The van der Waals surface area contributed by atoms with Gasteiger partial charge in [0.25, 0.3) is 0 Å². The molecule has 0 spiro atoms. The molecule has 14 heavy (non-hydrogen) atoms. The first kappa shape index (κ1) is 9.07. The molecule has 2 aromatic rings. The number of hydrogen-bond acceptors (Lipinski definition) is 0. The zero-order valence-corrected chi connectivity index (χ0v) is 8.91. The van der Waals surface area contributed by atoms with Crippen molar-refractivity contribution in [3.8, 4) is 11.1 Å². The Kier molecular flexibility index (Phi) is 2.16. The highest BCUT2D eigenvalue weighted by Gasteiger charge is 2.02. The maximum absolute atomic E-state index is 2.18. The van der Waals surface area contributed by atoms with Crippen molar-refractivity contribution < 1.29 is 0 Å². The standard InChI is InChI=1S/C13H15N/c1-10-4-6-12(7-5-10)13-9-14(3)8-11(13)2/h4-9H,1-3H3. The summed E-state index contributed by atoms with van der Waals surface area (Å²) in [6, 6.07) is 8.67. The smallest absolute Gasteiger partial charge is 0.0113 e. The van der Waals surface area contributed by atoms with Gasteiger partial charge in [0.2, 0.25) is 0 Å². The van der Waals surface area contributed by atoms with Crippen LogP contribution < -0.4 is 0 Å². The Hall–Kier alpha value is -1.50. The third-order valence-corrected chi connectivity index (χ3v) is 2.52. The van der Waals surface area contributed by atoms with E-state index in [-0.39, 0.29) is 0 Å². The maximum Gasteiger partial charge on any atom is 0.0113 e. The summed E-state index contributed by atoms with van der Waals surface area (Å²) >= 11 is 0. The number of hydrogen-bond donors (Lipinski definition) is 0. The lowest BCUT2D eigenvalue weighted by Gasteiger charge is -2.00. The lowest BCUT2D eigenvalue weighted by atomic mass is 10.0. The normalized spacial score (nSPS) is 10.5. The first-order valence-electron chi connectivity index (χ1n) is 4.86. The first-order valence-corrected chi connectivity index (χ1v) is 4.86. The molecule has 1 aromatic heterocycles. The zero-order chi connectivity index (χ0) is 10.1. The summed E-state index contributed by atoms with van der Waals surface area (Å²) in [5.74, 6) is 0. The average Bonchev–Trinajstić information content (AvgIpc) is 2.47. The molecular weight excluding hydrogens is 170 g/mol. The minimum Gasteiger partial charge on any atom is -0.356 e. The molecule has 1 heteroatoms. The lowest BCUT2D eigenvalue weighted by Crippen LogP contribution is -1.79. The van der Waals surface area contributed by atoms with Gasteiger partial charge in [-0.2, -0.15) is 0 Å². The van der Waals surface area contributed by atoms with Crippen molar-refractivity contribution in [1.29, 1.82) is 0 Å². The summed E-state index contributed by atoms with van der Waals surface area (Å²) in [7, 11) is 2.06. The summed E-state index contributed by atoms with van der Waals surface area (Å²) in [6.07, 6.45) is 4.31. The maximum atomic E-state index is 2.18. The van der Waals surface area contributed by atoms with Gasteiger partial charge in [0, 0.05) is 25.0 Å². The van der Waals surface area contributed by atoms with Crippen LogP contribution in [0.25, 0.3) is 11.1 Å². The van der Waals surface area contributed by atoms with E-state index < -0.39 is 0 Å². The van der Waals surface area contributed by atoms with Crippen LogP contribution >= 0.6 is 0 Å². The topological polar surface area (TPSA) is 4.93 Å². The molecule has 0 aliphatic rings. The fourth-order valence-electron chi connectivity index (χ4n) is 1.75. The molecule has 0 aliphatic heterocycles.